The van der Waals surface area contributed by atoms with E-state index in [2.05, 4.69) is 31.2 Å². The molecule has 4 atom stereocenters. The fourth-order valence-corrected chi connectivity index (χ4v) is 4.35. The highest BCUT2D eigenvalue weighted by Gasteiger charge is 2.31. The Bertz CT molecular complexity index is 459. The molecule has 2 N–H and O–H groups in total. The molecule has 1 saturated carbocycles. The minimum Gasteiger partial charge on any atom is -0.493 e. The van der Waals surface area contributed by atoms with Crippen molar-refractivity contribution in [3.8, 4) is 5.75 Å². The van der Waals surface area contributed by atoms with Crippen molar-refractivity contribution < 1.29 is 4.74 Å². The molecule has 1 aliphatic carbocycles. The lowest BCUT2D eigenvalue weighted by Crippen LogP contribution is -2.37. The summed E-state index contributed by atoms with van der Waals surface area (Å²) in [6.45, 7) is 3.17. The lowest BCUT2D eigenvalue weighted by Gasteiger charge is -2.37. The van der Waals surface area contributed by atoms with Crippen molar-refractivity contribution >= 4 is 0 Å². The van der Waals surface area contributed by atoms with Gasteiger partial charge in [-0.3, -0.25) is 0 Å². The second-order valence-electron chi connectivity index (χ2n) is 7.00. The van der Waals surface area contributed by atoms with Gasteiger partial charge in [-0.25, -0.2) is 0 Å². The van der Waals surface area contributed by atoms with E-state index in [1.807, 2.05) is 0 Å². The lowest BCUT2D eigenvalue weighted by atomic mass is 9.72. The summed E-state index contributed by atoms with van der Waals surface area (Å²) in [5.74, 6) is 3.36. The number of nitrogens with two attached hydrogens (primary N) is 1. The highest BCUT2D eigenvalue weighted by atomic mass is 16.5. The first kappa shape index (κ1) is 14.9. The summed E-state index contributed by atoms with van der Waals surface area (Å²) < 4.78 is 5.80. The van der Waals surface area contributed by atoms with Gasteiger partial charge >= 0.3 is 0 Å². The van der Waals surface area contributed by atoms with Crippen LogP contribution >= 0.6 is 0 Å². The lowest BCUT2D eigenvalue weighted by molar-refractivity contribution is 0.185. The van der Waals surface area contributed by atoms with Gasteiger partial charge in [-0.2, -0.15) is 0 Å². The summed E-state index contributed by atoms with van der Waals surface area (Å²) in [5.41, 5.74) is 7.85. The molecule has 0 aromatic heterocycles. The standard InChI is InChI=1S/C19H29NO/c1-2-5-14-8-9-18(20)16(12-14)13-15-10-11-21-19-7-4-3-6-17(15)19/h3-4,6-7,14-16,18H,2,5,8-13,20H2,1H3. The molecule has 1 aromatic rings. The third-order valence-electron chi connectivity index (χ3n) is 5.52. The summed E-state index contributed by atoms with van der Waals surface area (Å²) in [5, 5.41) is 0. The molecular weight excluding hydrogens is 258 g/mol. The van der Waals surface area contributed by atoms with Gasteiger partial charge < -0.3 is 10.5 Å². The maximum atomic E-state index is 6.44. The number of para-hydroxylation sites is 1. The van der Waals surface area contributed by atoms with Crippen molar-refractivity contribution in [2.45, 2.75) is 63.8 Å². The summed E-state index contributed by atoms with van der Waals surface area (Å²) in [6, 6.07) is 8.98. The van der Waals surface area contributed by atoms with E-state index in [1.54, 1.807) is 0 Å². The zero-order valence-electron chi connectivity index (χ0n) is 13.3. The van der Waals surface area contributed by atoms with Crippen LogP contribution in [0, 0.1) is 11.8 Å². The van der Waals surface area contributed by atoms with E-state index in [4.69, 9.17) is 10.5 Å². The van der Waals surface area contributed by atoms with Crippen molar-refractivity contribution in [2.75, 3.05) is 6.61 Å². The fraction of sp³-hybridized carbons (Fsp3) is 0.684. The predicted molar refractivity (Wildman–Crippen MR) is 87.6 cm³/mol. The average Bonchev–Trinajstić information content (AvgIpc) is 2.51. The molecule has 2 heteroatoms. The SMILES string of the molecule is CCCC1CCC(N)C(CC2CCOc3ccccc32)C1. The third-order valence-corrected chi connectivity index (χ3v) is 5.52. The van der Waals surface area contributed by atoms with Crippen molar-refractivity contribution in [1.29, 1.82) is 0 Å². The molecule has 1 aromatic carbocycles. The van der Waals surface area contributed by atoms with Crippen LogP contribution < -0.4 is 10.5 Å². The first-order chi connectivity index (χ1) is 10.3. The number of rotatable bonds is 4. The molecular formula is C19H29NO. The van der Waals surface area contributed by atoms with Gasteiger partial charge in [0.05, 0.1) is 6.61 Å². The molecule has 2 nitrogen and oxygen atoms in total. The Hall–Kier alpha value is -1.02. The van der Waals surface area contributed by atoms with E-state index in [-0.39, 0.29) is 0 Å². The first-order valence-corrected chi connectivity index (χ1v) is 8.75. The van der Waals surface area contributed by atoms with E-state index in [0.29, 0.717) is 17.9 Å². The van der Waals surface area contributed by atoms with E-state index in [1.165, 1.54) is 44.1 Å². The molecule has 0 spiro atoms. The smallest absolute Gasteiger partial charge is 0.122 e. The molecule has 4 unspecified atom stereocenters. The van der Waals surface area contributed by atoms with Crippen LogP contribution in [-0.2, 0) is 0 Å². The Labute approximate surface area is 129 Å². The Morgan fingerprint density at radius 3 is 2.90 bits per heavy atom. The normalized spacial score (nSPS) is 32.3. The number of fused-ring (bicyclic) bond motifs is 1. The van der Waals surface area contributed by atoms with Gasteiger partial charge in [0.15, 0.2) is 0 Å². The van der Waals surface area contributed by atoms with E-state index in [0.717, 1.165) is 24.7 Å². The molecule has 0 bridgehead atoms. The summed E-state index contributed by atoms with van der Waals surface area (Å²) >= 11 is 0. The van der Waals surface area contributed by atoms with Gasteiger partial charge in [0.2, 0.25) is 0 Å². The largest absolute Gasteiger partial charge is 0.493 e. The van der Waals surface area contributed by atoms with Crippen molar-refractivity contribution in [1.82, 2.24) is 0 Å². The number of ether oxygens (including phenoxy) is 1. The van der Waals surface area contributed by atoms with Gasteiger partial charge in [-0.05, 0) is 61.5 Å². The number of hydrogen-bond acceptors (Lipinski definition) is 2. The Kier molecular flexibility index (Phi) is 4.84. The van der Waals surface area contributed by atoms with E-state index < -0.39 is 0 Å². The van der Waals surface area contributed by atoms with Crippen LogP contribution in [-0.4, -0.2) is 12.6 Å². The molecule has 2 aliphatic rings. The van der Waals surface area contributed by atoms with Crippen LogP contribution in [0.1, 0.15) is 63.4 Å². The summed E-state index contributed by atoms with van der Waals surface area (Å²) in [7, 11) is 0. The maximum Gasteiger partial charge on any atom is 0.122 e. The van der Waals surface area contributed by atoms with Crippen LogP contribution in [0.3, 0.4) is 0 Å². The Balaban J connectivity index is 1.68. The second kappa shape index (κ2) is 6.83. The molecule has 0 saturated heterocycles. The molecule has 116 valence electrons. The Morgan fingerprint density at radius 2 is 2.05 bits per heavy atom. The maximum absolute atomic E-state index is 6.44. The third kappa shape index (κ3) is 3.42. The minimum atomic E-state index is 0.410. The fourth-order valence-electron chi connectivity index (χ4n) is 4.35. The summed E-state index contributed by atoms with van der Waals surface area (Å²) in [6.07, 6.45) is 9.01. The highest BCUT2D eigenvalue weighted by Crippen LogP contribution is 2.42. The second-order valence-corrected chi connectivity index (χ2v) is 7.00. The Morgan fingerprint density at radius 1 is 1.19 bits per heavy atom. The van der Waals surface area contributed by atoms with Crippen LogP contribution in [0.2, 0.25) is 0 Å². The van der Waals surface area contributed by atoms with Crippen LogP contribution in [0.4, 0.5) is 0 Å². The molecule has 0 radical (unpaired) electrons. The van der Waals surface area contributed by atoms with Gasteiger partial charge in [-0.1, -0.05) is 38.0 Å². The predicted octanol–water partition coefficient (Wildman–Crippen LogP) is 4.49. The van der Waals surface area contributed by atoms with Crippen molar-refractivity contribution in [3.05, 3.63) is 29.8 Å². The zero-order valence-corrected chi connectivity index (χ0v) is 13.3. The van der Waals surface area contributed by atoms with Crippen molar-refractivity contribution in [3.63, 3.8) is 0 Å². The van der Waals surface area contributed by atoms with E-state index >= 15 is 0 Å². The van der Waals surface area contributed by atoms with Gasteiger partial charge in [0, 0.05) is 6.04 Å². The monoisotopic (exact) mass is 287 g/mol. The van der Waals surface area contributed by atoms with Gasteiger partial charge in [-0.15, -0.1) is 0 Å². The average molecular weight is 287 g/mol. The van der Waals surface area contributed by atoms with Crippen molar-refractivity contribution in [2.24, 2.45) is 17.6 Å². The minimum absolute atomic E-state index is 0.410. The molecule has 3 rings (SSSR count). The molecule has 21 heavy (non-hydrogen) atoms. The molecule has 1 aliphatic heterocycles. The number of benzene rings is 1. The van der Waals surface area contributed by atoms with Gasteiger partial charge in [0.1, 0.15) is 5.75 Å². The van der Waals surface area contributed by atoms with Gasteiger partial charge in [0.25, 0.3) is 0 Å². The molecule has 0 amide bonds. The quantitative estimate of drug-likeness (QED) is 0.885. The number of hydrogen-bond donors (Lipinski definition) is 1. The first-order valence-electron chi connectivity index (χ1n) is 8.75. The highest BCUT2D eigenvalue weighted by molar-refractivity contribution is 5.37. The zero-order chi connectivity index (χ0) is 14.7. The summed E-state index contributed by atoms with van der Waals surface area (Å²) in [4.78, 5) is 0. The molecule has 1 heterocycles. The van der Waals surface area contributed by atoms with Crippen LogP contribution in [0.5, 0.6) is 5.75 Å². The molecule has 1 fully saturated rings. The van der Waals surface area contributed by atoms with Crippen LogP contribution in [0.25, 0.3) is 0 Å². The topological polar surface area (TPSA) is 35.2 Å². The van der Waals surface area contributed by atoms with Crippen LogP contribution in [0.15, 0.2) is 24.3 Å². The van der Waals surface area contributed by atoms with E-state index in [9.17, 15) is 0 Å².